The van der Waals surface area contributed by atoms with Crippen LogP contribution in [0.25, 0.3) is 10.9 Å². The Labute approximate surface area is 196 Å². The fraction of sp³-hybridized carbons (Fsp3) is 0.292. The van der Waals surface area contributed by atoms with Crippen LogP contribution in [-0.4, -0.2) is 55.0 Å². The zero-order valence-corrected chi connectivity index (χ0v) is 18.9. The minimum Gasteiger partial charge on any atom is -0.443 e. The van der Waals surface area contributed by atoms with E-state index in [1.807, 2.05) is 42.5 Å². The molecule has 1 atom stereocenters. The second-order valence-electron chi connectivity index (χ2n) is 8.01. The number of carbonyl (C=O) groups excluding carboxylic acids is 2. The number of thioether (sulfide) groups is 1. The Morgan fingerprint density at radius 1 is 1.09 bits per heavy atom. The van der Waals surface area contributed by atoms with Crippen LogP contribution < -0.4 is 20.9 Å². The highest BCUT2D eigenvalue weighted by Crippen LogP contribution is 2.35. The van der Waals surface area contributed by atoms with Gasteiger partial charge in [0.05, 0.1) is 29.2 Å². The minimum atomic E-state index is -0.364. The molecule has 0 bridgehead atoms. The lowest BCUT2D eigenvalue weighted by molar-refractivity contribution is -0.113. The van der Waals surface area contributed by atoms with E-state index in [1.54, 1.807) is 4.90 Å². The fourth-order valence-electron chi connectivity index (χ4n) is 3.94. The summed E-state index contributed by atoms with van der Waals surface area (Å²) in [6, 6.07) is 17.9. The second-order valence-corrected chi connectivity index (χ2v) is 9.03. The zero-order chi connectivity index (χ0) is 22.6. The van der Waals surface area contributed by atoms with Gasteiger partial charge >= 0.3 is 6.09 Å². The molecule has 170 valence electrons. The van der Waals surface area contributed by atoms with Gasteiger partial charge in [-0.2, -0.15) is 0 Å². The predicted octanol–water partition coefficient (Wildman–Crippen LogP) is 2.98. The summed E-state index contributed by atoms with van der Waals surface area (Å²) in [6.07, 6.45) is -0.586. The molecule has 0 spiro atoms. The van der Waals surface area contributed by atoms with Crippen LogP contribution in [0.1, 0.15) is 5.69 Å². The first kappa shape index (κ1) is 21.7. The van der Waals surface area contributed by atoms with Crippen LogP contribution in [0.15, 0.2) is 59.5 Å². The van der Waals surface area contributed by atoms with Crippen molar-refractivity contribution in [3.8, 4) is 0 Å². The summed E-state index contributed by atoms with van der Waals surface area (Å²) in [5.41, 5.74) is 3.49. The second kappa shape index (κ2) is 9.78. The number of ether oxygens (including phenoxy) is 1. The number of nitrogens with one attached hydrogen (secondary N) is 3. The molecule has 2 aliphatic heterocycles. The molecule has 3 heterocycles. The van der Waals surface area contributed by atoms with Gasteiger partial charge in [0.2, 0.25) is 5.91 Å². The van der Waals surface area contributed by atoms with Crippen molar-refractivity contribution >= 4 is 46.0 Å². The average Bonchev–Trinajstić information content (AvgIpc) is 3.21. The number of aromatic nitrogens is 1. The van der Waals surface area contributed by atoms with E-state index in [0.29, 0.717) is 25.4 Å². The third-order valence-corrected chi connectivity index (χ3v) is 6.67. The predicted molar refractivity (Wildman–Crippen MR) is 130 cm³/mol. The maximum absolute atomic E-state index is 12.4. The number of hydrogen-bond acceptors (Lipinski definition) is 7. The van der Waals surface area contributed by atoms with Crippen LogP contribution in [0.2, 0.25) is 0 Å². The highest BCUT2D eigenvalue weighted by molar-refractivity contribution is 8.00. The number of amides is 2. The van der Waals surface area contributed by atoms with Gasteiger partial charge in [-0.15, -0.1) is 11.8 Å². The molecule has 5 rings (SSSR count). The number of fused-ring (bicyclic) bond motifs is 2. The van der Waals surface area contributed by atoms with E-state index in [0.717, 1.165) is 46.0 Å². The monoisotopic (exact) mass is 463 g/mol. The molecule has 3 N–H and O–H groups in total. The van der Waals surface area contributed by atoms with Crippen LogP contribution in [0, 0.1) is 0 Å². The van der Waals surface area contributed by atoms with Gasteiger partial charge in [0.1, 0.15) is 6.10 Å². The first-order chi connectivity index (χ1) is 16.2. The SMILES string of the molecule is O=C1CSc2ccc(N3CC(CNCCNCc4ccc5ccccc5n4)OC3=O)cc2N1. The Kier molecular flexibility index (Phi) is 6.43. The standard InChI is InChI=1S/C24H25N5O3S/c30-23-15-33-22-8-7-18(11-21(22)28-23)29-14-19(32-24(29)31)13-26-10-9-25-12-17-6-5-16-3-1-2-4-20(16)27-17/h1-8,11,19,25-26H,9-10,12-15H2,(H,28,30). The highest BCUT2D eigenvalue weighted by Gasteiger charge is 2.32. The molecule has 1 unspecified atom stereocenters. The van der Waals surface area contributed by atoms with Crippen molar-refractivity contribution in [1.82, 2.24) is 15.6 Å². The van der Waals surface area contributed by atoms with Gasteiger partial charge in [-0.3, -0.25) is 14.7 Å². The van der Waals surface area contributed by atoms with Crippen molar-refractivity contribution in [3.05, 3.63) is 60.3 Å². The summed E-state index contributed by atoms with van der Waals surface area (Å²) >= 11 is 1.50. The highest BCUT2D eigenvalue weighted by atomic mass is 32.2. The van der Waals surface area contributed by atoms with Gasteiger partial charge < -0.3 is 20.7 Å². The van der Waals surface area contributed by atoms with E-state index in [-0.39, 0.29) is 18.1 Å². The minimum absolute atomic E-state index is 0.0271. The lowest BCUT2D eigenvalue weighted by Crippen LogP contribution is -2.34. The molecule has 0 saturated carbocycles. The molecule has 1 fully saturated rings. The Morgan fingerprint density at radius 2 is 1.97 bits per heavy atom. The maximum atomic E-state index is 12.4. The van der Waals surface area contributed by atoms with Crippen LogP contribution in [0.3, 0.4) is 0 Å². The van der Waals surface area contributed by atoms with Crippen molar-refractivity contribution in [2.45, 2.75) is 17.5 Å². The Hall–Kier alpha value is -3.14. The zero-order valence-electron chi connectivity index (χ0n) is 18.0. The van der Waals surface area contributed by atoms with Gasteiger partial charge in [-0.1, -0.05) is 24.3 Å². The Morgan fingerprint density at radius 3 is 2.91 bits per heavy atom. The van der Waals surface area contributed by atoms with E-state index in [9.17, 15) is 9.59 Å². The van der Waals surface area contributed by atoms with Gasteiger partial charge in [0.25, 0.3) is 0 Å². The number of pyridine rings is 1. The largest absolute Gasteiger partial charge is 0.443 e. The number of carbonyl (C=O) groups is 2. The number of hydrogen-bond donors (Lipinski definition) is 3. The molecular weight excluding hydrogens is 438 g/mol. The molecule has 2 aromatic carbocycles. The number of cyclic esters (lactones) is 1. The summed E-state index contributed by atoms with van der Waals surface area (Å²) in [5.74, 6) is 0.389. The van der Waals surface area contributed by atoms with Crippen molar-refractivity contribution in [3.63, 3.8) is 0 Å². The molecule has 0 radical (unpaired) electrons. The van der Waals surface area contributed by atoms with Gasteiger partial charge in [-0.25, -0.2) is 4.79 Å². The number of para-hydroxylation sites is 1. The molecule has 2 amide bonds. The van der Waals surface area contributed by atoms with Crippen LogP contribution >= 0.6 is 11.8 Å². The number of nitrogens with zero attached hydrogens (tertiary/aromatic N) is 2. The van der Waals surface area contributed by atoms with Crippen molar-refractivity contribution in [2.75, 3.05) is 42.1 Å². The molecule has 8 nitrogen and oxygen atoms in total. The number of rotatable bonds is 8. The van der Waals surface area contributed by atoms with E-state index in [4.69, 9.17) is 4.74 Å². The van der Waals surface area contributed by atoms with E-state index in [2.05, 4.69) is 33.1 Å². The molecule has 1 aromatic heterocycles. The lowest BCUT2D eigenvalue weighted by atomic mass is 10.2. The smallest absolute Gasteiger partial charge is 0.414 e. The first-order valence-electron chi connectivity index (χ1n) is 11.0. The van der Waals surface area contributed by atoms with Gasteiger partial charge in [0.15, 0.2) is 0 Å². The number of anilines is 2. The fourth-order valence-corrected chi connectivity index (χ4v) is 4.73. The van der Waals surface area contributed by atoms with Crippen molar-refractivity contribution in [2.24, 2.45) is 0 Å². The molecule has 1 saturated heterocycles. The average molecular weight is 464 g/mol. The lowest BCUT2D eigenvalue weighted by Gasteiger charge is -2.20. The first-order valence-corrected chi connectivity index (χ1v) is 12.0. The quantitative estimate of drug-likeness (QED) is 0.442. The summed E-state index contributed by atoms with van der Waals surface area (Å²) in [6.45, 7) is 3.28. The van der Waals surface area contributed by atoms with Crippen LogP contribution in [0.4, 0.5) is 16.2 Å². The van der Waals surface area contributed by atoms with Crippen LogP contribution in [-0.2, 0) is 16.1 Å². The molecule has 9 heteroatoms. The molecule has 33 heavy (non-hydrogen) atoms. The van der Waals surface area contributed by atoms with Crippen molar-refractivity contribution in [1.29, 1.82) is 0 Å². The third kappa shape index (κ3) is 5.11. The van der Waals surface area contributed by atoms with E-state index < -0.39 is 0 Å². The van der Waals surface area contributed by atoms with E-state index in [1.165, 1.54) is 11.8 Å². The number of benzene rings is 2. The van der Waals surface area contributed by atoms with Gasteiger partial charge in [-0.05, 0) is 30.3 Å². The van der Waals surface area contributed by atoms with Crippen LogP contribution in [0.5, 0.6) is 0 Å². The molecule has 3 aromatic rings. The Bertz CT molecular complexity index is 1190. The Balaban J connectivity index is 1.05. The molecule has 0 aliphatic carbocycles. The topological polar surface area (TPSA) is 95.6 Å². The normalized spacial score (nSPS) is 17.7. The maximum Gasteiger partial charge on any atom is 0.414 e. The van der Waals surface area contributed by atoms with Crippen molar-refractivity contribution < 1.29 is 14.3 Å². The molecular formula is C24H25N5O3S. The summed E-state index contributed by atoms with van der Waals surface area (Å²) in [5, 5.41) is 10.7. The van der Waals surface area contributed by atoms with E-state index >= 15 is 0 Å². The summed E-state index contributed by atoms with van der Waals surface area (Å²) in [7, 11) is 0. The van der Waals surface area contributed by atoms with Gasteiger partial charge in [0, 0.05) is 42.1 Å². The molecule has 2 aliphatic rings. The summed E-state index contributed by atoms with van der Waals surface area (Å²) in [4.78, 5) is 31.3. The summed E-state index contributed by atoms with van der Waals surface area (Å²) < 4.78 is 5.51. The third-order valence-electron chi connectivity index (χ3n) is 5.59.